The molecule has 4 rings (SSSR count). The van der Waals surface area contributed by atoms with Crippen LogP contribution in [0.15, 0.2) is 59.4 Å². The number of para-hydroxylation sites is 2. The molecule has 1 saturated heterocycles. The molecule has 1 unspecified atom stereocenters. The average molecular weight is 363 g/mol. The predicted octanol–water partition coefficient (Wildman–Crippen LogP) is 3.78. The van der Waals surface area contributed by atoms with E-state index in [2.05, 4.69) is 21.8 Å². The number of fused-ring (bicyclic) bond motifs is 1. The fourth-order valence-electron chi connectivity index (χ4n) is 3.71. The van der Waals surface area contributed by atoms with Crippen LogP contribution in [-0.4, -0.2) is 34.6 Å². The summed E-state index contributed by atoms with van der Waals surface area (Å²) in [4.78, 5) is 22.4. The van der Waals surface area contributed by atoms with E-state index < -0.39 is 0 Å². The van der Waals surface area contributed by atoms with Crippen LogP contribution >= 0.6 is 0 Å². The van der Waals surface area contributed by atoms with Crippen molar-refractivity contribution >= 4 is 10.9 Å². The van der Waals surface area contributed by atoms with Gasteiger partial charge < -0.3 is 9.72 Å². The number of aromatic amines is 1. The Kier molecular flexibility index (Phi) is 5.21. The number of benzene rings is 2. The van der Waals surface area contributed by atoms with Crippen molar-refractivity contribution in [1.29, 1.82) is 0 Å². The molecule has 1 aliphatic rings. The molecule has 2 heterocycles. The third-order valence-corrected chi connectivity index (χ3v) is 5.45. The summed E-state index contributed by atoms with van der Waals surface area (Å²) in [5, 5.41) is 0.644. The Morgan fingerprint density at radius 3 is 2.59 bits per heavy atom. The molecule has 1 aliphatic heterocycles. The van der Waals surface area contributed by atoms with Crippen LogP contribution in [0.3, 0.4) is 0 Å². The van der Waals surface area contributed by atoms with Crippen molar-refractivity contribution in [2.24, 2.45) is 5.92 Å². The van der Waals surface area contributed by atoms with E-state index in [0.29, 0.717) is 11.3 Å². The van der Waals surface area contributed by atoms with Crippen molar-refractivity contribution in [2.75, 3.05) is 19.7 Å². The van der Waals surface area contributed by atoms with E-state index in [1.54, 1.807) is 0 Å². The lowest BCUT2D eigenvalue weighted by Gasteiger charge is -2.35. The summed E-state index contributed by atoms with van der Waals surface area (Å²) in [6.07, 6.45) is 2.18. The van der Waals surface area contributed by atoms with Crippen LogP contribution in [0, 0.1) is 5.92 Å². The van der Waals surface area contributed by atoms with Gasteiger partial charge in [0.2, 0.25) is 0 Å². The van der Waals surface area contributed by atoms with Crippen LogP contribution in [0.1, 0.15) is 31.6 Å². The van der Waals surface area contributed by atoms with Crippen LogP contribution < -0.4 is 10.3 Å². The highest BCUT2D eigenvalue weighted by Gasteiger charge is 2.25. The first-order chi connectivity index (χ1) is 13.2. The molecule has 2 aromatic carbocycles. The summed E-state index contributed by atoms with van der Waals surface area (Å²) in [6, 6.07) is 17.6. The van der Waals surface area contributed by atoms with Gasteiger partial charge in [0, 0.05) is 0 Å². The molecule has 1 aromatic heterocycles. The van der Waals surface area contributed by atoms with E-state index in [4.69, 9.17) is 4.74 Å². The number of ether oxygens (including phenoxy) is 1. The Bertz CT molecular complexity index is 946. The van der Waals surface area contributed by atoms with Gasteiger partial charge in [-0.2, -0.15) is 0 Å². The lowest BCUT2D eigenvalue weighted by Crippen LogP contribution is -2.38. The zero-order valence-corrected chi connectivity index (χ0v) is 15.6. The minimum absolute atomic E-state index is 0.0615. The first kappa shape index (κ1) is 17.7. The summed E-state index contributed by atoms with van der Waals surface area (Å²) < 4.78 is 5.91. The fourth-order valence-corrected chi connectivity index (χ4v) is 3.71. The topological polar surface area (TPSA) is 58.2 Å². The van der Waals surface area contributed by atoms with Gasteiger partial charge in [-0.1, -0.05) is 30.3 Å². The number of rotatable bonds is 5. The average Bonchev–Trinajstić information content (AvgIpc) is 2.73. The molecule has 1 N–H and O–H groups in total. The van der Waals surface area contributed by atoms with Crippen LogP contribution in [0.2, 0.25) is 0 Å². The number of H-pyrrole nitrogens is 1. The fraction of sp³-hybridized carbons (Fsp3) is 0.364. The number of piperidine rings is 1. The van der Waals surface area contributed by atoms with Crippen molar-refractivity contribution in [3.05, 3.63) is 70.8 Å². The maximum Gasteiger partial charge on any atom is 0.258 e. The van der Waals surface area contributed by atoms with Crippen molar-refractivity contribution in [3.8, 4) is 5.75 Å². The predicted molar refractivity (Wildman–Crippen MR) is 107 cm³/mol. The molecule has 0 aliphatic carbocycles. The normalized spacial score (nSPS) is 17.1. The molecular formula is C22H25N3O2. The number of aromatic nitrogens is 2. The first-order valence-electron chi connectivity index (χ1n) is 9.61. The second-order valence-corrected chi connectivity index (χ2v) is 7.25. The molecule has 0 amide bonds. The number of nitrogens with zero attached hydrogens (tertiary/aromatic N) is 2. The largest absolute Gasteiger partial charge is 0.493 e. The standard InChI is InChI=1S/C22H25N3O2/c1-16(21-23-20-10-6-5-9-19(20)22(26)24-21)25-13-11-17(12-14-25)15-27-18-7-3-2-4-8-18/h2-10,16-17H,11-15H2,1H3,(H,23,24,26). The molecule has 1 fully saturated rings. The van der Waals surface area contributed by atoms with E-state index in [0.717, 1.165) is 49.6 Å². The minimum Gasteiger partial charge on any atom is -0.493 e. The van der Waals surface area contributed by atoms with Crippen LogP contribution in [0.5, 0.6) is 5.75 Å². The molecular weight excluding hydrogens is 338 g/mol. The van der Waals surface area contributed by atoms with E-state index in [-0.39, 0.29) is 11.6 Å². The zero-order valence-electron chi connectivity index (χ0n) is 15.6. The molecule has 0 bridgehead atoms. The number of hydrogen-bond acceptors (Lipinski definition) is 4. The van der Waals surface area contributed by atoms with E-state index in [1.165, 1.54) is 0 Å². The van der Waals surface area contributed by atoms with E-state index >= 15 is 0 Å². The van der Waals surface area contributed by atoms with Crippen LogP contribution in [-0.2, 0) is 0 Å². The summed E-state index contributed by atoms with van der Waals surface area (Å²) in [5.74, 6) is 2.25. The van der Waals surface area contributed by atoms with E-state index in [9.17, 15) is 4.79 Å². The summed E-state index contributed by atoms with van der Waals surface area (Å²) in [7, 11) is 0. The second-order valence-electron chi connectivity index (χ2n) is 7.25. The van der Waals surface area contributed by atoms with Crippen molar-refractivity contribution < 1.29 is 4.74 Å². The molecule has 0 spiro atoms. The van der Waals surface area contributed by atoms with Gasteiger partial charge in [0.1, 0.15) is 11.6 Å². The molecule has 0 radical (unpaired) electrons. The van der Waals surface area contributed by atoms with Crippen molar-refractivity contribution in [1.82, 2.24) is 14.9 Å². The third-order valence-electron chi connectivity index (χ3n) is 5.45. The number of hydrogen-bond donors (Lipinski definition) is 1. The zero-order chi connectivity index (χ0) is 18.6. The monoisotopic (exact) mass is 363 g/mol. The summed E-state index contributed by atoms with van der Waals surface area (Å²) in [6.45, 7) is 4.85. The maximum absolute atomic E-state index is 12.3. The Labute approximate surface area is 159 Å². The van der Waals surface area contributed by atoms with Gasteiger partial charge in [0.25, 0.3) is 5.56 Å². The lowest BCUT2D eigenvalue weighted by molar-refractivity contribution is 0.110. The molecule has 0 saturated carbocycles. The molecule has 3 aromatic rings. The molecule has 140 valence electrons. The van der Waals surface area contributed by atoms with Gasteiger partial charge in [-0.3, -0.25) is 9.69 Å². The molecule has 5 nitrogen and oxygen atoms in total. The second kappa shape index (κ2) is 7.92. The number of likely N-dealkylation sites (tertiary alicyclic amines) is 1. The highest BCUT2D eigenvalue weighted by Crippen LogP contribution is 2.25. The Morgan fingerprint density at radius 1 is 1.11 bits per heavy atom. The smallest absolute Gasteiger partial charge is 0.258 e. The first-order valence-corrected chi connectivity index (χ1v) is 9.61. The lowest BCUT2D eigenvalue weighted by atomic mass is 9.96. The van der Waals surface area contributed by atoms with Gasteiger partial charge in [-0.05, 0) is 63.0 Å². The highest BCUT2D eigenvalue weighted by molar-refractivity contribution is 5.77. The van der Waals surface area contributed by atoms with E-state index in [1.807, 2.05) is 54.6 Å². The van der Waals surface area contributed by atoms with Crippen LogP contribution in [0.25, 0.3) is 10.9 Å². The Hall–Kier alpha value is -2.66. The Morgan fingerprint density at radius 2 is 1.81 bits per heavy atom. The highest BCUT2D eigenvalue weighted by atomic mass is 16.5. The van der Waals surface area contributed by atoms with Crippen LogP contribution in [0.4, 0.5) is 0 Å². The SMILES string of the molecule is CC(c1nc2ccccc2c(=O)[nH]1)N1CCC(COc2ccccc2)CC1. The Balaban J connectivity index is 1.37. The summed E-state index contributed by atoms with van der Waals surface area (Å²) >= 11 is 0. The maximum atomic E-state index is 12.3. The van der Waals surface area contributed by atoms with Gasteiger partial charge in [-0.25, -0.2) is 4.98 Å². The van der Waals surface area contributed by atoms with Crippen molar-refractivity contribution in [3.63, 3.8) is 0 Å². The molecule has 27 heavy (non-hydrogen) atoms. The third kappa shape index (κ3) is 4.03. The summed E-state index contributed by atoms with van der Waals surface area (Å²) in [5.41, 5.74) is 0.697. The number of nitrogens with one attached hydrogen (secondary N) is 1. The van der Waals surface area contributed by atoms with Crippen molar-refractivity contribution in [2.45, 2.75) is 25.8 Å². The van der Waals surface area contributed by atoms with Gasteiger partial charge in [0.05, 0.1) is 23.6 Å². The molecule has 5 heteroatoms. The van der Waals surface area contributed by atoms with Gasteiger partial charge in [0.15, 0.2) is 0 Å². The molecule has 1 atom stereocenters. The van der Waals surface area contributed by atoms with Gasteiger partial charge in [-0.15, -0.1) is 0 Å². The minimum atomic E-state index is -0.0615. The van der Waals surface area contributed by atoms with Gasteiger partial charge >= 0.3 is 0 Å². The quantitative estimate of drug-likeness (QED) is 0.750.